The molecule has 0 spiro atoms. The summed E-state index contributed by atoms with van der Waals surface area (Å²) in [6, 6.07) is 1.71. The van der Waals surface area contributed by atoms with Crippen LogP contribution in [0.4, 0.5) is 5.82 Å². The second-order valence-electron chi connectivity index (χ2n) is 5.94. The Morgan fingerprint density at radius 3 is 2.79 bits per heavy atom. The summed E-state index contributed by atoms with van der Waals surface area (Å²) in [6.07, 6.45) is 5.70. The van der Waals surface area contributed by atoms with Crippen molar-refractivity contribution in [3.05, 3.63) is 18.6 Å². The minimum atomic E-state index is -0.233. The quantitative estimate of drug-likeness (QED) is 0.789. The third kappa shape index (κ3) is 4.91. The minimum Gasteiger partial charge on any atom is -0.381 e. The molecule has 2 aliphatic heterocycles. The Bertz CT molecular complexity index is 593. The van der Waals surface area contributed by atoms with Crippen molar-refractivity contribution in [3.63, 3.8) is 0 Å². The van der Waals surface area contributed by atoms with Crippen LogP contribution >= 0.6 is 0 Å². The summed E-state index contributed by atoms with van der Waals surface area (Å²) in [7, 11) is 0. The van der Waals surface area contributed by atoms with E-state index in [-0.39, 0.29) is 23.9 Å². The Balaban J connectivity index is 1.55. The molecule has 2 atom stereocenters. The van der Waals surface area contributed by atoms with Gasteiger partial charge in [-0.3, -0.25) is 4.79 Å². The van der Waals surface area contributed by atoms with Crippen LogP contribution in [0.25, 0.3) is 0 Å². The number of rotatable bonds is 3. The second kappa shape index (κ2) is 8.62. The fraction of sp³-hybridized carbons (Fsp3) is 0.588. The molecule has 3 rings (SSSR count). The van der Waals surface area contributed by atoms with Crippen LogP contribution in [0, 0.1) is 17.8 Å². The Hall–Kier alpha value is -2.17. The van der Waals surface area contributed by atoms with E-state index in [1.165, 1.54) is 6.33 Å². The first-order chi connectivity index (χ1) is 11.8. The molecular weight excluding hydrogens is 308 g/mol. The molecule has 0 aliphatic carbocycles. The molecule has 3 heterocycles. The van der Waals surface area contributed by atoms with Crippen LogP contribution in [-0.4, -0.2) is 54.4 Å². The molecule has 2 aliphatic rings. The van der Waals surface area contributed by atoms with Gasteiger partial charge in [-0.2, -0.15) is 0 Å². The number of carbonyl (C=O) groups is 1. The molecule has 0 aromatic carbocycles. The van der Waals surface area contributed by atoms with Gasteiger partial charge in [0.25, 0.3) is 5.91 Å². The number of aromatic nitrogens is 2. The second-order valence-corrected chi connectivity index (χ2v) is 5.94. The summed E-state index contributed by atoms with van der Waals surface area (Å²) in [5.41, 5.74) is 0. The predicted molar refractivity (Wildman–Crippen MR) is 88.1 cm³/mol. The Kier molecular flexibility index (Phi) is 5.99. The van der Waals surface area contributed by atoms with Crippen LogP contribution in [0.3, 0.4) is 0 Å². The summed E-state index contributed by atoms with van der Waals surface area (Å²) >= 11 is 0. The average Bonchev–Trinajstić information content (AvgIpc) is 2.63. The van der Waals surface area contributed by atoms with Gasteiger partial charge in [0, 0.05) is 31.9 Å². The third-order valence-corrected chi connectivity index (χ3v) is 4.20. The molecule has 2 fully saturated rings. The predicted octanol–water partition coefficient (Wildman–Crippen LogP) is 0.592. The Morgan fingerprint density at radius 1 is 1.17 bits per heavy atom. The van der Waals surface area contributed by atoms with Gasteiger partial charge in [-0.15, -0.1) is 0 Å². The molecule has 0 saturated carbocycles. The maximum Gasteiger partial charge on any atom is 0.296 e. The largest absolute Gasteiger partial charge is 0.381 e. The van der Waals surface area contributed by atoms with Crippen LogP contribution in [0.1, 0.15) is 19.3 Å². The molecule has 7 nitrogen and oxygen atoms in total. The number of carbonyl (C=O) groups excluding carboxylic acids is 1. The third-order valence-electron chi connectivity index (χ3n) is 4.20. The molecule has 1 aromatic heterocycles. The van der Waals surface area contributed by atoms with E-state index in [1.807, 2.05) is 0 Å². The van der Waals surface area contributed by atoms with Gasteiger partial charge >= 0.3 is 0 Å². The highest BCUT2D eigenvalue weighted by atomic mass is 16.5. The molecule has 1 aromatic rings. The van der Waals surface area contributed by atoms with Gasteiger partial charge < -0.3 is 20.1 Å². The number of hydrogen-bond acceptors (Lipinski definition) is 6. The highest BCUT2D eigenvalue weighted by Crippen LogP contribution is 2.14. The number of amides is 1. The van der Waals surface area contributed by atoms with Crippen LogP contribution < -0.4 is 10.6 Å². The lowest BCUT2D eigenvalue weighted by Crippen LogP contribution is -2.52. The van der Waals surface area contributed by atoms with Crippen LogP contribution in [0.15, 0.2) is 18.6 Å². The van der Waals surface area contributed by atoms with Crippen molar-refractivity contribution < 1.29 is 14.3 Å². The topological polar surface area (TPSA) is 85.4 Å². The van der Waals surface area contributed by atoms with E-state index in [0.717, 1.165) is 32.5 Å². The molecule has 7 heteroatoms. The monoisotopic (exact) mass is 330 g/mol. The SMILES string of the molecule is O=C(C#CC1CCOCC1)N[C@H]1CCOC[C@H]1Nc1ccncn1. The van der Waals surface area contributed by atoms with Crippen molar-refractivity contribution in [2.45, 2.75) is 31.3 Å². The van der Waals surface area contributed by atoms with E-state index in [9.17, 15) is 4.79 Å². The van der Waals surface area contributed by atoms with Crippen LogP contribution in [0.5, 0.6) is 0 Å². The fourth-order valence-corrected chi connectivity index (χ4v) is 2.83. The first-order valence-corrected chi connectivity index (χ1v) is 8.31. The zero-order valence-electron chi connectivity index (χ0n) is 13.5. The number of anilines is 1. The van der Waals surface area contributed by atoms with Crippen molar-refractivity contribution in [3.8, 4) is 11.8 Å². The summed E-state index contributed by atoms with van der Waals surface area (Å²) in [5.74, 6) is 6.54. The maximum atomic E-state index is 12.1. The van der Waals surface area contributed by atoms with Gasteiger partial charge in [0.05, 0.1) is 18.7 Å². The molecule has 2 N–H and O–H groups in total. The summed E-state index contributed by atoms with van der Waals surface area (Å²) in [6.45, 7) is 2.60. The summed E-state index contributed by atoms with van der Waals surface area (Å²) < 4.78 is 10.8. The summed E-state index contributed by atoms with van der Waals surface area (Å²) in [5, 5.41) is 6.29. The van der Waals surface area contributed by atoms with Gasteiger partial charge in [-0.1, -0.05) is 5.92 Å². The first-order valence-electron chi connectivity index (χ1n) is 8.31. The molecule has 0 radical (unpaired) electrons. The van der Waals surface area contributed by atoms with E-state index in [4.69, 9.17) is 9.47 Å². The van der Waals surface area contributed by atoms with Crippen LogP contribution in [-0.2, 0) is 14.3 Å². The Morgan fingerprint density at radius 2 is 2.00 bits per heavy atom. The molecule has 2 saturated heterocycles. The number of nitrogens with zero attached hydrogens (tertiary/aromatic N) is 2. The number of ether oxygens (including phenoxy) is 2. The summed E-state index contributed by atoms with van der Waals surface area (Å²) in [4.78, 5) is 20.2. The molecule has 128 valence electrons. The van der Waals surface area contributed by atoms with Crippen molar-refractivity contribution in [1.29, 1.82) is 0 Å². The van der Waals surface area contributed by atoms with Crippen molar-refractivity contribution >= 4 is 11.7 Å². The van der Waals surface area contributed by atoms with Gasteiger partial charge in [-0.05, 0) is 31.2 Å². The molecule has 0 unspecified atom stereocenters. The van der Waals surface area contributed by atoms with Crippen molar-refractivity contribution in [1.82, 2.24) is 15.3 Å². The van der Waals surface area contributed by atoms with E-state index in [1.54, 1.807) is 12.3 Å². The van der Waals surface area contributed by atoms with Crippen molar-refractivity contribution in [2.75, 3.05) is 31.7 Å². The van der Waals surface area contributed by atoms with Gasteiger partial charge in [0.1, 0.15) is 12.1 Å². The smallest absolute Gasteiger partial charge is 0.296 e. The molecule has 1 amide bonds. The van der Waals surface area contributed by atoms with E-state index in [2.05, 4.69) is 32.4 Å². The molecule has 24 heavy (non-hydrogen) atoms. The van der Waals surface area contributed by atoms with E-state index < -0.39 is 0 Å². The van der Waals surface area contributed by atoms with Gasteiger partial charge in [0.15, 0.2) is 0 Å². The lowest BCUT2D eigenvalue weighted by Gasteiger charge is -2.32. The lowest BCUT2D eigenvalue weighted by atomic mass is 10.0. The number of nitrogens with one attached hydrogen (secondary N) is 2. The van der Waals surface area contributed by atoms with E-state index in [0.29, 0.717) is 19.0 Å². The normalized spacial score (nSPS) is 24.5. The molecular formula is C17H22N4O3. The maximum absolute atomic E-state index is 12.1. The zero-order chi connectivity index (χ0) is 16.6. The first kappa shape index (κ1) is 16.7. The standard InChI is InChI=1S/C17H22N4O3/c22-17(2-1-13-4-8-23-9-5-13)21-14-6-10-24-11-15(14)20-16-3-7-18-12-19-16/h3,7,12-15H,4-6,8-11H2,(H,21,22)(H,18,19,20)/t14-,15+/m0/s1. The number of hydrogen-bond donors (Lipinski definition) is 2. The average molecular weight is 330 g/mol. The van der Waals surface area contributed by atoms with Crippen LogP contribution in [0.2, 0.25) is 0 Å². The minimum absolute atomic E-state index is 0.0368. The van der Waals surface area contributed by atoms with Gasteiger partial charge in [0.2, 0.25) is 0 Å². The lowest BCUT2D eigenvalue weighted by molar-refractivity contribution is -0.117. The highest BCUT2D eigenvalue weighted by Gasteiger charge is 2.27. The van der Waals surface area contributed by atoms with Crippen molar-refractivity contribution in [2.24, 2.45) is 5.92 Å². The fourth-order valence-electron chi connectivity index (χ4n) is 2.83. The van der Waals surface area contributed by atoms with Gasteiger partial charge in [-0.25, -0.2) is 9.97 Å². The Labute approximate surface area is 141 Å². The molecule has 0 bridgehead atoms. The highest BCUT2D eigenvalue weighted by molar-refractivity contribution is 5.93. The van der Waals surface area contributed by atoms with E-state index >= 15 is 0 Å². The zero-order valence-corrected chi connectivity index (χ0v) is 13.5.